The van der Waals surface area contributed by atoms with Gasteiger partial charge in [-0.15, -0.1) is 0 Å². The normalized spacial score (nSPS) is 20.9. The molecule has 2 heterocycles. The molecule has 20 heavy (non-hydrogen) atoms. The molecule has 3 rings (SSSR count). The third kappa shape index (κ3) is 2.78. The van der Waals surface area contributed by atoms with Gasteiger partial charge in [0.05, 0.1) is 6.04 Å². The van der Waals surface area contributed by atoms with Crippen molar-refractivity contribution in [2.24, 2.45) is 0 Å². The fourth-order valence-corrected chi connectivity index (χ4v) is 2.55. The number of hydrogen-bond acceptors (Lipinski definition) is 5. The molecule has 1 fully saturated rings. The molecule has 1 aliphatic heterocycles. The maximum atomic E-state index is 13.0. The average molecular weight is 282 g/mol. The highest BCUT2D eigenvalue weighted by Crippen LogP contribution is 2.15. The van der Waals surface area contributed by atoms with Crippen LogP contribution in [0.3, 0.4) is 0 Å². The molecule has 1 aromatic carbocycles. The summed E-state index contributed by atoms with van der Waals surface area (Å²) >= 11 is 0. The van der Waals surface area contributed by atoms with Crippen LogP contribution >= 0.6 is 0 Å². The molecule has 1 N–H and O–H groups in total. The Morgan fingerprint density at radius 1 is 1.35 bits per heavy atom. The van der Waals surface area contributed by atoms with Gasteiger partial charge in [-0.25, -0.2) is 13.4 Å². The van der Waals surface area contributed by atoms with Crippen LogP contribution in [0.25, 0.3) is 11.0 Å². The average Bonchev–Trinajstić information content (AvgIpc) is 2.92. The van der Waals surface area contributed by atoms with Gasteiger partial charge >= 0.3 is 0 Å². The number of halogens is 2. The molecule has 0 aliphatic carbocycles. The lowest BCUT2D eigenvalue weighted by molar-refractivity contribution is 0.0130. The fraction of sp³-hybridized carbons (Fsp3) is 0.538. The van der Waals surface area contributed by atoms with E-state index in [0.29, 0.717) is 37.1 Å². The lowest BCUT2D eigenvalue weighted by atomic mass is 10.1. The number of piperazine rings is 1. The van der Waals surface area contributed by atoms with Crippen LogP contribution < -0.4 is 5.32 Å². The Hall–Kier alpha value is -1.60. The van der Waals surface area contributed by atoms with Gasteiger partial charge in [-0.2, -0.15) is 0 Å². The van der Waals surface area contributed by atoms with E-state index < -0.39 is 12.5 Å². The molecule has 5 nitrogen and oxygen atoms in total. The van der Waals surface area contributed by atoms with E-state index in [1.807, 2.05) is 23.1 Å². The van der Waals surface area contributed by atoms with Crippen LogP contribution in [0.1, 0.15) is 5.56 Å². The monoisotopic (exact) mass is 282 g/mol. The van der Waals surface area contributed by atoms with E-state index in [-0.39, 0.29) is 0 Å². The smallest absolute Gasteiger partial charge is 0.255 e. The number of hydrogen-bond donors (Lipinski definition) is 1. The van der Waals surface area contributed by atoms with E-state index in [1.165, 1.54) is 0 Å². The lowest BCUT2D eigenvalue weighted by Crippen LogP contribution is -2.54. The van der Waals surface area contributed by atoms with Crippen molar-refractivity contribution >= 4 is 11.0 Å². The minimum Gasteiger partial charge on any atom is -0.314 e. The first-order chi connectivity index (χ1) is 9.74. The number of rotatable bonds is 4. The predicted molar refractivity (Wildman–Crippen MR) is 69.7 cm³/mol. The zero-order valence-corrected chi connectivity index (χ0v) is 10.9. The van der Waals surface area contributed by atoms with Crippen molar-refractivity contribution in [2.75, 3.05) is 26.2 Å². The Labute approximate surface area is 114 Å². The van der Waals surface area contributed by atoms with E-state index in [9.17, 15) is 8.78 Å². The molecule has 0 radical (unpaired) electrons. The van der Waals surface area contributed by atoms with Crippen molar-refractivity contribution in [2.45, 2.75) is 18.9 Å². The number of benzene rings is 1. The highest BCUT2D eigenvalue weighted by Gasteiger charge is 2.29. The summed E-state index contributed by atoms with van der Waals surface area (Å²) in [7, 11) is 0. The molecule has 7 heteroatoms. The molecule has 1 unspecified atom stereocenters. The maximum absolute atomic E-state index is 13.0. The summed E-state index contributed by atoms with van der Waals surface area (Å²) in [6, 6.07) is 4.97. The topological polar surface area (TPSA) is 54.2 Å². The molecular weight excluding hydrogens is 266 g/mol. The van der Waals surface area contributed by atoms with Crippen LogP contribution in [0.5, 0.6) is 0 Å². The third-order valence-electron chi connectivity index (χ3n) is 3.70. The summed E-state index contributed by atoms with van der Waals surface area (Å²) in [5.41, 5.74) is 2.47. The molecule has 0 amide bonds. The van der Waals surface area contributed by atoms with Crippen LogP contribution in [0.2, 0.25) is 0 Å². The predicted octanol–water partition coefficient (Wildman–Crippen LogP) is 1.30. The molecular formula is C13H16F2N4O. The van der Waals surface area contributed by atoms with Crippen molar-refractivity contribution in [3.63, 3.8) is 0 Å². The standard InChI is InChI=1S/C13H16F2N4O/c14-13(15)12-8-16-4-6-19(12)5-3-9-1-2-10-11(7-9)18-20-17-10/h1-2,7,12-13,16H,3-6,8H2. The SMILES string of the molecule is FC(F)C1CNCCN1CCc1ccc2nonc2c1. The Morgan fingerprint density at radius 3 is 3.05 bits per heavy atom. The van der Waals surface area contributed by atoms with Crippen LogP contribution in [0.4, 0.5) is 8.78 Å². The number of fused-ring (bicyclic) bond motifs is 1. The van der Waals surface area contributed by atoms with Gasteiger partial charge in [-0.3, -0.25) is 4.90 Å². The van der Waals surface area contributed by atoms with E-state index in [0.717, 1.165) is 12.1 Å². The van der Waals surface area contributed by atoms with Gasteiger partial charge in [0.1, 0.15) is 11.0 Å². The zero-order valence-electron chi connectivity index (χ0n) is 10.9. The van der Waals surface area contributed by atoms with Crippen molar-refractivity contribution < 1.29 is 13.4 Å². The summed E-state index contributed by atoms with van der Waals surface area (Å²) in [5.74, 6) is 0. The molecule has 0 bridgehead atoms. The summed E-state index contributed by atoms with van der Waals surface area (Å²) in [4.78, 5) is 1.85. The van der Waals surface area contributed by atoms with Gasteiger partial charge in [0, 0.05) is 26.2 Å². The second kappa shape index (κ2) is 5.80. The van der Waals surface area contributed by atoms with Gasteiger partial charge in [-0.1, -0.05) is 6.07 Å². The Bertz CT molecular complexity index is 574. The largest absolute Gasteiger partial charge is 0.314 e. The minimum absolute atomic E-state index is 0.351. The van der Waals surface area contributed by atoms with Crippen LogP contribution in [-0.4, -0.2) is 53.9 Å². The number of alkyl halides is 2. The number of nitrogens with zero attached hydrogens (tertiary/aromatic N) is 3. The van der Waals surface area contributed by atoms with E-state index in [1.54, 1.807) is 0 Å². The van der Waals surface area contributed by atoms with E-state index >= 15 is 0 Å². The second-order valence-corrected chi connectivity index (χ2v) is 4.98. The van der Waals surface area contributed by atoms with Gasteiger partial charge in [-0.05, 0) is 34.4 Å². The number of aromatic nitrogens is 2. The molecule has 0 spiro atoms. The van der Waals surface area contributed by atoms with Gasteiger partial charge < -0.3 is 5.32 Å². The van der Waals surface area contributed by atoms with E-state index in [4.69, 9.17) is 0 Å². The van der Waals surface area contributed by atoms with Crippen LogP contribution in [0, 0.1) is 0 Å². The van der Waals surface area contributed by atoms with Crippen LogP contribution in [0.15, 0.2) is 22.8 Å². The molecule has 1 aliphatic rings. The lowest BCUT2D eigenvalue weighted by Gasteiger charge is -2.35. The highest BCUT2D eigenvalue weighted by atomic mass is 19.3. The fourth-order valence-electron chi connectivity index (χ4n) is 2.55. The quantitative estimate of drug-likeness (QED) is 0.916. The second-order valence-electron chi connectivity index (χ2n) is 4.98. The maximum Gasteiger partial charge on any atom is 0.255 e. The molecule has 2 aromatic rings. The summed E-state index contributed by atoms with van der Waals surface area (Å²) in [6.45, 7) is 2.38. The Kier molecular flexibility index (Phi) is 3.88. The third-order valence-corrected chi connectivity index (χ3v) is 3.70. The van der Waals surface area contributed by atoms with Crippen molar-refractivity contribution in [3.8, 4) is 0 Å². The van der Waals surface area contributed by atoms with E-state index in [2.05, 4.69) is 20.3 Å². The van der Waals surface area contributed by atoms with Gasteiger partial charge in [0.15, 0.2) is 0 Å². The molecule has 1 aromatic heterocycles. The Morgan fingerprint density at radius 2 is 2.20 bits per heavy atom. The first-order valence-corrected chi connectivity index (χ1v) is 6.68. The van der Waals surface area contributed by atoms with Crippen LogP contribution in [-0.2, 0) is 6.42 Å². The molecule has 1 atom stereocenters. The van der Waals surface area contributed by atoms with Crippen molar-refractivity contribution in [1.29, 1.82) is 0 Å². The molecule has 1 saturated heterocycles. The first kappa shape index (κ1) is 13.4. The summed E-state index contributed by atoms with van der Waals surface area (Å²) in [6.07, 6.45) is -1.60. The van der Waals surface area contributed by atoms with Crippen molar-refractivity contribution in [1.82, 2.24) is 20.5 Å². The summed E-state index contributed by atoms with van der Waals surface area (Å²) < 4.78 is 30.5. The number of nitrogens with one attached hydrogen (secondary N) is 1. The van der Waals surface area contributed by atoms with Gasteiger partial charge in [0.2, 0.25) is 0 Å². The van der Waals surface area contributed by atoms with Crippen molar-refractivity contribution in [3.05, 3.63) is 23.8 Å². The van der Waals surface area contributed by atoms with Gasteiger partial charge in [0.25, 0.3) is 6.43 Å². The first-order valence-electron chi connectivity index (χ1n) is 6.68. The Balaban J connectivity index is 1.65. The molecule has 108 valence electrons. The molecule has 0 saturated carbocycles. The minimum atomic E-state index is -2.31. The zero-order chi connectivity index (χ0) is 13.9. The summed E-state index contributed by atoms with van der Waals surface area (Å²) in [5, 5.41) is 10.5. The highest BCUT2D eigenvalue weighted by molar-refractivity contribution is 5.73.